The summed E-state index contributed by atoms with van der Waals surface area (Å²) >= 11 is 1.62. The number of carbonyl (C=O) groups excluding carboxylic acids is 1. The molecule has 1 aliphatic heterocycles. The third-order valence-electron chi connectivity index (χ3n) is 3.63. The van der Waals surface area contributed by atoms with Crippen LogP contribution in [0.25, 0.3) is 0 Å². The van der Waals surface area contributed by atoms with E-state index in [9.17, 15) is 4.79 Å². The van der Waals surface area contributed by atoms with E-state index in [0.717, 1.165) is 18.7 Å². The number of thiophene rings is 1. The minimum absolute atomic E-state index is 0.188. The Labute approximate surface area is 118 Å². The van der Waals surface area contributed by atoms with Crippen LogP contribution in [0.3, 0.4) is 0 Å². The van der Waals surface area contributed by atoms with Crippen LogP contribution in [0.15, 0.2) is 16.8 Å². The summed E-state index contributed by atoms with van der Waals surface area (Å²) < 4.78 is 0. The lowest BCUT2D eigenvalue weighted by Gasteiger charge is -2.40. The highest BCUT2D eigenvalue weighted by molar-refractivity contribution is 7.07. The van der Waals surface area contributed by atoms with E-state index < -0.39 is 5.54 Å². The molecule has 102 valence electrons. The number of hydrogen-bond acceptors (Lipinski definition) is 4. The van der Waals surface area contributed by atoms with Gasteiger partial charge in [0.05, 0.1) is 12.5 Å². The Kier molecular flexibility index (Phi) is 4.23. The predicted octanol–water partition coefficient (Wildman–Crippen LogP) is 1.74. The Hall–Kier alpha value is -1.38. The molecule has 19 heavy (non-hydrogen) atoms. The Morgan fingerprint density at radius 3 is 2.63 bits per heavy atom. The summed E-state index contributed by atoms with van der Waals surface area (Å²) in [7, 11) is 0. The number of rotatable bonds is 3. The molecule has 2 rings (SSSR count). The summed E-state index contributed by atoms with van der Waals surface area (Å²) in [4.78, 5) is 16.2. The average molecular weight is 277 g/mol. The van der Waals surface area contributed by atoms with Crippen molar-refractivity contribution in [2.75, 3.05) is 26.2 Å². The summed E-state index contributed by atoms with van der Waals surface area (Å²) in [5, 5.41) is 13.1. The van der Waals surface area contributed by atoms with E-state index in [0.29, 0.717) is 19.5 Å². The van der Waals surface area contributed by atoms with Crippen molar-refractivity contribution in [2.24, 2.45) is 0 Å². The molecule has 0 atom stereocenters. The van der Waals surface area contributed by atoms with Gasteiger partial charge in [-0.1, -0.05) is 0 Å². The molecule has 0 saturated carbocycles. The van der Waals surface area contributed by atoms with Crippen molar-refractivity contribution < 1.29 is 4.79 Å². The molecule has 1 saturated heterocycles. The Bertz CT molecular complexity index is 467. The standard InChI is InChI=1S/C14H19N3OS/c1-14(2,11-15)17-6-4-16(5-7-17)13(18)9-12-3-8-19-10-12/h3,8,10H,4-7,9H2,1-2H3. The zero-order chi connectivity index (χ0) is 13.9. The van der Waals surface area contributed by atoms with Crippen LogP contribution in [0.1, 0.15) is 19.4 Å². The van der Waals surface area contributed by atoms with Crippen molar-refractivity contribution in [1.82, 2.24) is 9.80 Å². The van der Waals surface area contributed by atoms with Crippen LogP contribution in [-0.2, 0) is 11.2 Å². The molecule has 0 aliphatic carbocycles. The summed E-state index contributed by atoms with van der Waals surface area (Å²) in [5.74, 6) is 0.188. The largest absolute Gasteiger partial charge is 0.340 e. The van der Waals surface area contributed by atoms with Crippen molar-refractivity contribution in [3.05, 3.63) is 22.4 Å². The predicted molar refractivity (Wildman–Crippen MR) is 75.9 cm³/mol. The second kappa shape index (κ2) is 5.72. The maximum Gasteiger partial charge on any atom is 0.227 e. The maximum atomic E-state index is 12.1. The number of hydrogen-bond donors (Lipinski definition) is 0. The quantitative estimate of drug-likeness (QED) is 0.845. The molecule has 0 unspecified atom stereocenters. The minimum atomic E-state index is -0.442. The summed E-state index contributed by atoms with van der Waals surface area (Å²) in [6.45, 7) is 6.83. The lowest BCUT2D eigenvalue weighted by molar-refractivity contribution is -0.132. The fourth-order valence-corrected chi connectivity index (χ4v) is 2.93. The van der Waals surface area contributed by atoms with Crippen LogP contribution >= 0.6 is 11.3 Å². The molecule has 1 aliphatic rings. The van der Waals surface area contributed by atoms with E-state index in [1.54, 1.807) is 11.3 Å². The van der Waals surface area contributed by atoms with Crippen LogP contribution in [0, 0.1) is 11.3 Å². The van der Waals surface area contributed by atoms with E-state index >= 15 is 0 Å². The van der Waals surface area contributed by atoms with Gasteiger partial charge < -0.3 is 4.90 Å². The molecule has 5 heteroatoms. The summed E-state index contributed by atoms with van der Waals surface area (Å²) in [5.41, 5.74) is 0.650. The van der Waals surface area contributed by atoms with Crippen molar-refractivity contribution in [2.45, 2.75) is 25.8 Å². The number of piperazine rings is 1. The Morgan fingerprint density at radius 2 is 2.11 bits per heavy atom. The fourth-order valence-electron chi connectivity index (χ4n) is 2.27. The smallest absolute Gasteiger partial charge is 0.227 e. The van der Waals surface area contributed by atoms with Gasteiger partial charge in [-0.15, -0.1) is 0 Å². The zero-order valence-corrected chi connectivity index (χ0v) is 12.2. The first kappa shape index (κ1) is 14.0. The van der Waals surface area contributed by atoms with Gasteiger partial charge in [0, 0.05) is 26.2 Å². The number of nitrogens with zero attached hydrogens (tertiary/aromatic N) is 3. The summed E-state index contributed by atoms with van der Waals surface area (Å²) in [6.07, 6.45) is 0.491. The molecule has 0 aromatic carbocycles. The van der Waals surface area contributed by atoms with Crippen LogP contribution in [0.2, 0.25) is 0 Å². The molecular weight excluding hydrogens is 258 g/mol. The second-order valence-corrected chi connectivity index (χ2v) is 6.13. The Balaban J connectivity index is 1.87. The van der Waals surface area contributed by atoms with Crippen LogP contribution < -0.4 is 0 Å². The summed E-state index contributed by atoms with van der Waals surface area (Å²) in [6, 6.07) is 4.31. The first-order chi connectivity index (χ1) is 9.03. The van der Waals surface area contributed by atoms with E-state index in [-0.39, 0.29) is 5.91 Å². The SMILES string of the molecule is CC(C)(C#N)N1CCN(C(=O)Cc2ccsc2)CC1. The molecule has 1 aromatic heterocycles. The van der Waals surface area contributed by atoms with Crippen molar-refractivity contribution in [3.63, 3.8) is 0 Å². The number of amides is 1. The third-order valence-corrected chi connectivity index (χ3v) is 4.36. The normalized spacial score (nSPS) is 17.2. The van der Waals surface area contributed by atoms with Gasteiger partial charge in [0.25, 0.3) is 0 Å². The van der Waals surface area contributed by atoms with Gasteiger partial charge >= 0.3 is 0 Å². The van der Waals surface area contributed by atoms with Gasteiger partial charge in [-0.05, 0) is 36.2 Å². The first-order valence-electron chi connectivity index (χ1n) is 6.48. The molecule has 1 fully saturated rings. The zero-order valence-electron chi connectivity index (χ0n) is 11.4. The number of nitriles is 1. The highest BCUT2D eigenvalue weighted by atomic mass is 32.1. The lowest BCUT2D eigenvalue weighted by atomic mass is 10.0. The molecule has 0 bridgehead atoms. The fraction of sp³-hybridized carbons (Fsp3) is 0.571. The van der Waals surface area contributed by atoms with E-state index in [2.05, 4.69) is 11.0 Å². The van der Waals surface area contributed by atoms with E-state index in [1.165, 1.54) is 0 Å². The molecule has 0 N–H and O–H groups in total. The van der Waals surface area contributed by atoms with Crippen LogP contribution in [-0.4, -0.2) is 47.4 Å². The highest BCUT2D eigenvalue weighted by Crippen LogP contribution is 2.16. The molecule has 1 aromatic rings. The Morgan fingerprint density at radius 1 is 1.42 bits per heavy atom. The van der Waals surface area contributed by atoms with Crippen molar-refractivity contribution in [3.8, 4) is 6.07 Å². The minimum Gasteiger partial charge on any atom is -0.340 e. The average Bonchev–Trinajstić information content (AvgIpc) is 2.91. The first-order valence-corrected chi connectivity index (χ1v) is 7.42. The van der Waals surface area contributed by atoms with Gasteiger partial charge in [0.15, 0.2) is 0 Å². The van der Waals surface area contributed by atoms with E-state index in [1.807, 2.05) is 35.6 Å². The molecule has 0 spiro atoms. The molecule has 4 nitrogen and oxygen atoms in total. The topological polar surface area (TPSA) is 47.3 Å². The number of carbonyl (C=O) groups is 1. The lowest BCUT2D eigenvalue weighted by Crippen LogP contribution is -2.55. The molecule has 0 radical (unpaired) electrons. The third kappa shape index (κ3) is 3.34. The van der Waals surface area contributed by atoms with Crippen LogP contribution in [0.4, 0.5) is 0 Å². The van der Waals surface area contributed by atoms with Gasteiger partial charge in [-0.2, -0.15) is 16.6 Å². The molecule has 1 amide bonds. The monoisotopic (exact) mass is 277 g/mol. The second-order valence-electron chi connectivity index (χ2n) is 5.35. The highest BCUT2D eigenvalue weighted by Gasteiger charge is 2.30. The maximum absolute atomic E-state index is 12.1. The molecular formula is C14H19N3OS. The van der Waals surface area contributed by atoms with E-state index in [4.69, 9.17) is 5.26 Å². The van der Waals surface area contributed by atoms with Gasteiger partial charge in [0.1, 0.15) is 5.54 Å². The van der Waals surface area contributed by atoms with Gasteiger partial charge in [0.2, 0.25) is 5.91 Å². The van der Waals surface area contributed by atoms with Gasteiger partial charge in [-0.25, -0.2) is 0 Å². The van der Waals surface area contributed by atoms with Gasteiger partial charge in [-0.3, -0.25) is 9.69 Å². The van der Waals surface area contributed by atoms with Crippen molar-refractivity contribution in [1.29, 1.82) is 5.26 Å². The van der Waals surface area contributed by atoms with Crippen LogP contribution in [0.5, 0.6) is 0 Å². The molecule has 2 heterocycles. The van der Waals surface area contributed by atoms with Crippen molar-refractivity contribution >= 4 is 17.2 Å².